The summed E-state index contributed by atoms with van der Waals surface area (Å²) in [5, 5.41) is 3.57. The molecule has 0 aliphatic carbocycles. The van der Waals surface area contributed by atoms with Crippen LogP contribution < -0.4 is 10.4 Å². The van der Waals surface area contributed by atoms with Gasteiger partial charge in [0.1, 0.15) is 5.52 Å². The summed E-state index contributed by atoms with van der Waals surface area (Å²) in [6.07, 6.45) is 3.86. The van der Waals surface area contributed by atoms with Gasteiger partial charge in [-0.05, 0) is 39.9 Å². The maximum atomic E-state index is 7.17. The van der Waals surface area contributed by atoms with E-state index in [1.165, 1.54) is 10.4 Å². The van der Waals surface area contributed by atoms with Crippen molar-refractivity contribution >= 4 is 64.8 Å². The molecule has 2 aromatic heterocycles. The highest BCUT2D eigenvalue weighted by atomic mass is 35.5. The number of benzene rings is 2. The number of hydrogen-bond acceptors (Lipinski definition) is 5. The molecule has 9 heteroatoms. The minimum absolute atomic E-state index is 0.0383. The Morgan fingerprint density at radius 1 is 0.971 bits per heavy atom. The zero-order valence-corrected chi connectivity index (χ0v) is 23.3. The van der Waals surface area contributed by atoms with Crippen molar-refractivity contribution < 1.29 is 4.43 Å². The zero-order valence-electron chi connectivity index (χ0n) is 20.0. The third-order valence-electron chi connectivity index (χ3n) is 6.65. The fourth-order valence-electron chi connectivity index (χ4n) is 5.06. The highest BCUT2D eigenvalue weighted by Gasteiger charge is 2.50. The summed E-state index contributed by atoms with van der Waals surface area (Å²) in [4.78, 5) is 12.8. The SMILES string of the molecule is CC(C)(C)[Si](OC[C@H]1CC[C@@H](n2cnc3c(Cl)nc(Cl)nc32)S1)(c1ccccc1)c1ccccc1. The number of fused-ring (bicyclic) bond motifs is 1. The molecule has 0 amide bonds. The van der Waals surface area contributed by atoms with Crippen molar-refractivity contribution in [3.63, 3.8) is 0 Å². The first kappa shape index (κ1) is 24.8. The van der Waals surface area contributed by atoms with Gasteiger partial charge < -0.3 is 8.99 Å². The van der Waals surface area contributed by atoms with E-state index >= 15 is 0 Å². The number of nitrogens with zero attached hydrogens (tertiary/aromatic N) is 4. The quantitative estimate of drug-likeness (QED) is 0.167. The van der Waals surface area contributed by atoms with Crippen LogP contribution in [0.5, 0.6) is 0 Å². The first-order chi connectivity index (χ1) is 16.8. The average molecular weight is 544 g/mol. The van der Waals surface area contributed by atoms with E-state index in [0.29, 0.717) is 23.0 Å². The lowest BCUT2D eigenvalue weighted by Gasteiger charge is -2.43. The van der Waals surface area contributed by atoms with Gasteiger partial charge in [-0.15, -0.1) is 11.8 Å². The minimum Gasteiger partial charge on any atom is -0.406 e. The summed E-state index contributed by atoms with van der Waals surface area (Å²) in [6.45, 7) is 7.63. The predicted molar refractivity (Wildman–Crippen MR) is 149 cm³/mol. The maximum absolute atomic E-state index is 7.17. The number of thioether (sulfide) groups is 1. The van der Waals surface area contributed by atoms with Crippen LogP contribution in [0.15, 0.2) is 67.0 Å². The number of imidazole rings is 1. The molecule has 3 heterocycles. The Labute approximate surface area is 221 Å². The molecule has 0 unspecified atom stereocenters. The molecule has 5 rings (SSSR count). The molecule has 182 valence electrons. The standard InChI is InChI=1S/C26H28Cl2N4OSSi/c1-26(2,3)35(19-10-6-4-7-11-19,20-12-8-5-9-13-20)33-16-18-14-15-21(34-18)32-17-29-22-23(27)30-25(28)31-24(22)32/h4-13,17-18,21H,14-16H2,1-3H3/t18-,21+/m1/s1. The fraction of sp³-hybridized carbons (Fsp3) is 0.346. The Morgan fingerprint density at radius 2 is 1.60 bits per heavy atom. The van der Waals surface area contributed by atoms with Crippen LogP contribution in [0.25, 0.3) is 11.2 Å². The van der Waals surface area contributed by atoms with Crippen LogP contribution in [-0.2, 0) is 4.43 Å². The van der Waals surface area contributed by atoms with Gasteiger partial charge in [0.25, 0.3) is 8.32 Å². The monoisotopic (exact) mass is 542 g/mol. The summed E-state index contributed by atoms with van der Waals surface area (Å²) in [7, 11) is -2.55. The lowest BCUT2D eigenvalue weighted by molar-refractivity contribution is 0.295. The number of aromatic nitrogens is 4. The molecule has 0 radical (unpaired) electrons. The number of hydrogen-bond donors (Lipinski definition) is 0. The number of rotatable bonds is 6. The van der Waals surface area contributed by atoms with Crippen LogP contribution in [0.3, 0.4) is 0 Å². The Balaban J connectivity index is 1.42. The van der Waals surface area contributed by atoms with Crippen LogP contribution in [0.1, 0.15) is 39.0 Å². The minimum atomic E-state index is -2.55. The van der Waals surface area contributed by atoms with Gasteiger partial charge in [-0.2, -0.15) is 4.98 Å². The third kappa shape index (κ3) is 4.65. The number of halogens is 2. The van der Waals surface area contributed by atoms with Crippen molar-refractivity contribution in [2.45, 2.75) is 49.3 Å². The second-order valence-electron chi connectivity index (χ2n) is 9.87. The van der Waals surface area contributed by atoms with Crippen molar-refractivity contribution in [3.8, 4) is 0 Å². The molecular weight excluding hydrogens is 515 g/mol. The van der Waals surface area contributed by atoms with E-state index in [1.807, 2.05) is 11.8 Å². The van der Waals surface area contributed by atoms with Crippen LogP contribution in [-0.4, -0.2) is 39.7 Å². The molecule has 1 aliphatic rings. The second-order valence-corrected chi connectivity index (χ2v) is 16.4. The van der Waals surface area contributed by atoms with E-state index in [-0.39, 0.29) is 20.8 Å². The van der Waals surface area contributed by atoms with Gasteiger partial charge in [0, 0.05) is 11.9 Å². The second kappa shape index (κ2) is 9.86. The van der Waals surface area contributed by atoms with Gasteiger partial charge in [-0.25, -0.2) is 9.97 Å². The molecule has 4 aromatic rings. The Hall–Kier alpha value is -1.90. The molecule has 5 nitrogen and oxygen atoms in total. The predicted octanol–water partition coefficient (Wildman–Crippen LogP) is 6.10. The molecule has 2 aromatic carbocycles. The smallest absolute Gasteiger partial charge is 0.261 e. The lowest BCUT2D eigenvalue weighted by atomic mass is 10.2. The Bertz CT molecular complexity index is 1270. The molecule has 35 heavy (non-hydrogen) atoms. The first-order valence-corrected chi connectivity index (χ1v) is 15.4. The molecule has 2 atom stereocenters. The van der Waals surface area contributed by atoms with E-state index in [0.717, 1.165) is 12.8 Å². The third-order valence-corrected chi connectivity index (χ3v) is 13.6. The van der Waals surface area contributed by atoms with Gasteiger partial charge in [-0.1, -0.05) is 93.0 Å². The van der Waals surface area contributed by atoms with Gasteiger partial charge in [0.2, 0.25) is 5.28 Å². The Kier molecular flexibility index (Phi) is 6.98. The van der Waals surface area contributed by atoms with E-state index < -0.39 is 8.32 Å². The van der Waals surface area contributed by atoms with Crippen LogP contribution in [0.2, 0.25) is 15.5 Å². The van der Waals surface area contributed by atoms with Crippen molar-refractivity contribution in [3.05, 3.63) is 77.4 Å². The summed E-state index contributed by atoms with van der Waals surface area (Å²) in [5.41, 5.74) is 1.27. The van der Waals surface area contributed by atoms with Gasteiger partial charge in [0.15, 0.2) is 10.8 Å². The van der Waals surface area contributed by atoms with Crippen LogP contribution in [0.4, 0.5) is 0 Å². The fourth-order valence-corrected chi connectivity index (χ4v) is 11.6. The van der Waals surface area contributed by atoms with E-state index in [4.69, 9.17) is 27.6 Å². The normalized spacial score (nSPS) is 18.9. The molecule has 1 aliphatic heterocycles. The molecular formula is C26H28Cl2N4OSSi. The van der Waals surface area contributed by atoms with Crippen molar-refractivity contribution in [1.82, 2.24) is 19.5 Å². The lowest BCUT2D eigenvalue weighted by Crippen LogP contribution is -2.67. The van der Waals surface area contributed by atoms with Crippen LogP contribution in [0, 0.1) is 0 Å². The molecule has 0 saturated carbocycles. The highest BCUT2D eigenvalue weighted by Crippen LogP contribution is 2.44. The highest BCUT2D eigenvalue weighted by molar-refractivity contribution is 8.00. The summed E-state index contributed by atoms with van der Waals surface area (Å²) < 4.78 is 9.24. The zero-order chi connectivity index (χ0) is 24.6. The topological polar surface area (TPSA) is 52.8 Å². The van der Waals surface area contributed by atoms with Crippen molar-refractivity contribution in [2.75, 3.05) is 6.61 Å². The molecule has 0 spiro atoms. The molecule has 1 fully saturated rings. The van der Waals surface area contributed by atoms with E-state index in [9.17, 15) is 0 Å². The average Bonchev–Trinajstić information content (AvgIpc) is 3.47. The maximum Gasteiger partial charge on any atom is 0.261 e. The Morgan fingerprint density at radius 3 is 2.20 bits per heavy atom. The van der Waals surface area contributed by atoms with Crippen molar-refractivity contribution in [2.24, 2.45) is 0 Å². The van der Waals surface area contributed by atoms with Gasteiger partial charge in [0.05, 0.1) is 11.7 Å². The van der Waals surface area contributed by atoms with Gasteiger partial charge in [-0.3, -0.25) is 0 Å². The van der Waals surface area contributed by atoms with Crippen molar-refractivity contribution in [1.29, 1.82) is 0 Å². The van der Waals surface area contributed by atoms with Crippen LogP contribution >= 0.6 is 35.0 Å². The summed E-state index contributed by atoms with van der Waals surface area (Å²) in [6, 6.07) is 21.6. The molecule has 0 bridgehead atoms. The van der Waals surface area contributed by atoms with E-state index in [2.05, 4.69) is 101 Å². The molecule has 0 N–H and O–H groups in total. The molecule has 1 saturated heterocycles. The first-order valence-electron chi connectivity index (χ1n) is 11.8. The largest absolute Gasteiger partial charge is 0.406 e. The van der Waals surface area contributed by atoms with E-state index in [1.54, 1.807) is 6.33 Å². The van der Waals surface area contributed by atoms with Gasteiger partial charge >= 0.3 is 0 Å². The summed E-state index contributed by atoms with van der Waals surface area (Å²) >= 11 is 14.2. The summed E-state index contributed by atoms with van der Waals surface area (Å²) in [5.74, 6) is 0.